The maximum Gasteiger partial charge on any atom is 0.355 e. The van der Waals surface area contributed by atoms with Crippen LogP contribution in [-0.2, 0) is 4.79 Å². The van der Waals surface area contributed by atoms with Gasteiger partial charge in [0.2, 0.25) is 0 Å². The summed E-state index contributed by atoms with van der Waals surface area (Å²) in [5, 5.41) is 7.58. The van der Waals surface area contributed by atoms with Crippen molar-refractivity contribution in [3.63, 3.8) is 0 Å². The van der Waals surface area contributed by atoms with Gasteiger partial charge in [-0.25, -0.2) is 10.2 Å². The van der Waals surface area contributed by atoms with Crippen LogP contribution < -0.4 is 20.2 Å². The first-order valence-electron chi connectivity index (χ1n) is 11.3. The minimum atomic E-state index is -0.558. The molecule has 0 fully saturated rings. The highest BCUT2D eigenvalue weighted by molar-refractivity contribution is 7.21. The van der Waals surface area contributed by atoms with Gasteiger partial charge in [-0.15, -0.1) is 11.3 Å². The number of carbonyl (C=O) groups is 3. The second kappa shape index (κ2) is 12.2. The first-order chi connectivity index (χ1) is 17.9. The van der Waals surface area contributed by atoms with Crippen LogP contribution in [0.2, 0.25) is 5.02 Å². The molecule has 0 aliphatic carbocycles. The van der Waals surface area contributed by atoms with Crippen molar-refractivity contribution in [2.45, 2.75) is 6.92 Å². The van der Waals surface area contributed by atoms with E-state index in [1.54, 1.807) is 48.5 Å². The summed E-state index contributed by atoms with van der Waals surface area (Å²) >= 11 is 7.63. The lowest BCUT2D eigenvalue weighted by Gasteiger charge is -2.06. The summed E-state index contributed by atoms with van der Waals surface area (Å²) in [6.07, 6.45) is 1.40. The van der Waals surface area contributed by atoms with Crippen LogP contribution in [0.15, 0.2) is 77.9 Å². The molecule has 0 spiro atoms. The molecule has 4 rings (SSSR count). The van der Waals surface area contributed by atoms with Crippen molar-refractivity contribution in [1.82, 2.24) is 10.7 Å². The monoisotopic (exact) mass is 535 g/mol. The number of fused-ring (bicyclic) bond motifs is 1. The van der Waals surface area contributed by atoms with Gasteiger partial charge in [-0.2, -0.15) is 5.10 Å². The van der Waals surface area contributed by atoms with Gasteiger partial charge in [0, 0.05) is 15.6 Å². The van der Waals surface area contributed by atoms with Crippen LogP contribution in [0.4, 0.5) is 0 Å². The van der Waals surface area contributed by atoms with Crippen molar-refractivity contribution in [3.8, 4) is 11.5 Å². The van der Waals surface area contributed by atoms with Crippen LogP contribution in [0.25, 0.3) is 10.1 Å². The van der Waals surface area contributed by atoms with Gasteiger partial charge < -0.3 is 14.8 Å². The fraction of sp³-hybridized carbons (Fsp3) is 0.111. The number of hydrogen-bond acceptors (Lipinski definition) is 7. The predicted molar refractivity (Wildman–Crippen MR) is 144 cm³/mol. The van der Waals surface area contributed by atoms with Crippen LogP contribution in [0, 0.1) is 0 Å². The summed E-state index contributed by atoms with van der Waals surface area (Å²) in [6.45, 7) is 2.15. The van der Waals surface area contributed by atoms with E-state index in [0.717, 1.165) is 10.1 Å². The third-order valence-electron chi connectivity index (χ3n) is 5.03. The first-order valence-corrected chi connectivity index (χ1v) is 12.5. The van der Waals surface area contributed by atoms with Crippen molar-refractivity contribution in [2.24, 2.45) is 5.10 Å². The van der Waals surface area contributed by atoms with Gasteiger partial charge in [0.15, 0.2) is 0 Å². The van der Waals surface area contributed by atoms with E-state index >= 15 is 0 Å². The number of amides is 2. The van der Waals surface area contributed by atoms with Crippen molar-refractivity contribution in [2.75, 3.05) is 13.2 Å². The molecule has 0 unspecified atom stereocenters. The standard InChI is InChI=1S/C27H22ClN3O5S/c1-2-35-19-12-10-18(11-13-19)26(33)29-16-23(32)31-30-15-17-6-5-7-20(14-17)36-27(34)25-24(28)21-8-3-4-9-22(21)37-25/h3-15H,2,16H2,1H3,(H,29,33)(H,31,32). The fourth-order valence-electron chi connectivity index (χ4n) is 3.31. The molecule has 0 atom stereocenters. The summed E-state index contributed by atoms with van der Waals surface area (Å²) in [4.78, 5) is 37.2. The molecule has 0 saturated carbocycles. The zero-order valence-corrected chi connectivity index (χ0v) is 21.3. The van der Waals surface area contributed by atoms with Crippen molar-refractivity contribution in [3.05, 3.63) is 93.8 Å². The molecule has 0 saturated heterocycles. The number of hydrazone groups is 1. The number of hydrogen-bond donors (Lipinski definition) is 2. The van der Waals surface area contributed by atoms with E-state index < -0.39 is 17.8 Å². The molecule has 2 N–H and O–H groups in total. The van der Waals surface area contributed by atoms with Crippen LogP contribution >= 0.6 is 22.9 Å². The normalized spacial score (nSPS) is 10.9. The second-order valence-electron chi connectivity index (χ2n) is 7.64. The van der Waals surface area contributed by atoms with Crippen LogP contribution in [0.5, 0.6) is 11.5 Å². The first kappa shape index (κ1) is 25.9. The Bertz CT molecular complexity index is 1470. The highest BCUT2D eigenvalue weighted by atomic mass is 35.5. The van der Waals surface area contributed by atoms with E-state index in [0.29, 0.717) is 39.1 Å². The third-order valence-corrected chi connectivity index (χ3v) is 6.68. The zero-order chi connectivity index (χ0) is 26.2. The highest BCUT2D eigenvalue weighted by Crippen LogP contribution is 2.35. The number of thiophene rings is 1. The smallest absolute Gasteiger partial charge is 0.355 e. The summed E-state index contributed by atoms with van der Waals surface area (Å²) in [7, 11) is 0. The lowest BCUT2D eigenvalue weighted by atomic mass is 10.2. The third kappa shape index (κ3) is 6.72. The van der Waals surface area contributed by atoms with E-state index in [1.807, 2.05) is 31.2 Å². The Labute approximate surface area is 221 Å². The number of nitrogens with zero attached hydrogens (tertiary/aromatic N) is 1. The number of benzene rings is 3. The minimum Gasteiger partial charge on any atom is -0.494 e. The topological polar surface area (TPSA) is 106 Å². The van der Waals surface area contributed by atoms with Crippen molar-refractivity contribution >= 4 is 57.0 Å². The molecule has 3 aromatic carbocycles. The Kier molecular flexibility index (Phi) is 8.50. The second-order valence-corrected chi connectivity index (χ2v) is 9.07. The van der Waals surface area contributed by atoms with Gasteiger partial charge in [-0.3, -0.25) is 9.59 Å². The number of carbonyl (C=O) groups excluding carboxylic acids is 3. The summed E-state index contributed by atoms with van der Waals surface area (Å²) in [5.74, 6) is -0.491. The van der Waals surface area contributed by atoms with Crippen LogP contribution in [-0.4, -0.2) is 37.1 Å². The molecule has 0 bridgehead atoms. The summed E-state index contributed by atoms with van der Waals surface area (Å²) in [5.41, 5.74) is 3.34. The number of rotatable bonds is 9. The maximum absolute atomic E-state index is 12.7. The fourth-order valence-corrected chi connectivity index (χ4v) is 4.69. The molecule has 188 valence electrons. The van der Waals surface area contributed by atoms with Crippen LogP contribution in [0.3, 0.4) is 0 Å². The van der Waals surface area contributed by atoms with Crippen LogP contribution in [0.1, 0.15) is 32.5 Å². The number of esters is 1. The van der Waals surface area contributed by atoms with Gasteiger partial charge in [0.1, 0.15) is 16.4 Å². The van der Waals surface area contributed by atoms with Gasteiger partial charge in [-0.05, 0) is 55.0 Å². The largest absolute Gasteiger partial charge is 0.494 e. The molecule has 37 heavy (non-hydrogen) atoms. The molecule has 0 aliphatic heterocycles. The van der Waals surface area contributed by atoms with Gasteiger partial charge in [-0.1, -0.05) is 41.9 Å². The Morgan fingerprint density at radius 3 is 2.54 bits per heavy atom. The molecule has 1 heterocycles. The highest BCUT2D eigenvalue weighted by Gasteiger charge is 2.19. The molecular weight excluding hydrogens is 514 g/mol. The lowest BCUT2D eigenvalue weighted by Crippen LogP contribution is -2.34. The van der Waals surface area contributed by atoms with Crippen molar-refractivity contribution < 1.29 is 23.9 Å². The average Bonchev–Trinajstić information content (AvgIpc) is 3.25. The number of halogens is 1. The molecule has 10 heteroatoms. The van der Waals surface area contributed by atoms with E-state index in [-0.39, 0.29) is 6.54 Å². The van der Waals surface area contributed by atoms with E-state index in [4.69, 9.17) is 21.1 Å². The molecule has 2 amide bonds. The summed E-state index contributed by atoms with van der Waals surface area (Å²) < 4.78 is 11.7. The molecule has 0 aliphatic rings. The Morgan fingerprint density at radius 2 is 1.78 bits per heavy atom. The van der Waals surface area contributed by atoms with E-state index in [2.05, 4.69) is 15.8 Å². The summed E-state index contributed by atoms with van der Waals surface area (Å²) in [6, 6.07) is 20.7. The maximum atomic E-state index is 12.7. The Morgan fingerprint density at radius 1 is 1.00 bits per heavy atom. The minimum absolute atomic E-state index is 0.253. The molecular formula is C27H22ClN3O5S. The predicted octanol–water partition coefficient (Wildman–Crippen LogP) is 5.05. The van der Waals surface area contributed by atoms with Gasteiger partial charge in [0.05, 0.1) is 24.4 Å². The average molecular weight is 536 g/mol. The van der Waals surface area contributed by atoms with E-state index in [1.165, 1.54) is 17.6 Å². The van der Waals surface area contributed by atoms with Crippen molar-refractivity contribution in [1.29, 1.82) is 0 Å². The van der Waals surface area contributed by atoms with E-state index in [9.17, 15) is 14.4 Å². The lowest BCUT2D eigenvalue weighted by molar-refractivity contribution is -0.120. The van der Waals surface area contributed by atoms with Gasteiger partial charge >= 0.3 is 5.97 Å². The Balaban J connectivity index is 1.28. The Hall–Kier alpha value is -4.21. The quantitative estimate of drug-likeness (QED) is 0.135. The number of ether oxygens (including phenoxy) is 2. The molecule has 1 aromatic heterocycles. The SMILES string of the molecule is CCOc1ccc(C(=O)NCC(=O)NN=Cc2cccc(OC(=O)c3sc4ccccc4c3Cl)c2)cc1. The van der Waals surface area contributed by atoms with Gasteiger partial charge in [0.25, 0.3) is 11.8 Å². The molecule has 8 nitrogen and oxygen atoms in total. The molecule has 0 radical (unpaired) electrons. The number of nitrogens with one attached hydrogen (secondary N) is 2. The zero-order valence-electron chi connectivity index (χ0n) is 19.7. The molecule has 4 aromatic rings.